The molecule has 2 fully saturated rings. The van der Waals surface area contributed by atoms with Crippen molar-refractivity contribution in [3.63, 3.8) is 0 Å². The van der Waals surface area contributed by atoms with Gasteiger partial charge in [-0.2, -0.15) is 0 Å². The van der Waals surface area contributed by atoms with E-state index in [1.807, 2.05) is 0 Å². The molecule has 1 heterocycles. The maximum Gasteiger partial charge on any atom is 0.0760 e. The molecule has 3 nitrogen and oxygen atoms in total. The molecule has 4 heteroatoms. The fourth-order valence-electron chi connectivity index (χ4n) is 3.83. The highest BCUT2D eigenvalue weighted by Crippen LogP contribution is 2.57. The van der Waals surface area contributed by atoms with Crippen molar-refractivity contribution >= 4 is 10.3 Å². The minimum Gasteiger partial charge on any atom is -0.335 e. The van der Waals surface area contributed by atoms with Gasteiger partial charge < -0.3 is 9.50 Å². The zero-order valence-corrected chi connectivity index (χ0v) is 17.5. The summed E-state index contributed by atoms with van der Waals surface area (Å²) in [6.45, 7) is 13.3. The Morgan fingerprint density at radius 3 is 2.52 bits per heavy atom. The van der Waals surface area contributed by atoms with Crippen LogP contribution in [-0.4, -0.2) is 52.9 Å². The molecule has 2 atom stereocenters. The molecule has 3 rings (SSSR count). The first-order valence-electron chi connectivity index (χ1n) is 9.71. The predicted octanol–water partition coefficient (Wildman–Crippen LogP) is 4.42. The number of piperazine rings is 1. The van der Waals surface area contributed by atoms with Crippen molar-refractivity contribution in [1.82, 2.24) is 10.2 Å². The Morgan fingerprint density at radius 1 is 1.28 bits per heavy atom. The van der Waals surface area contributed by atoms with E-state index < -0.39 is 10.3 Å². The number of benzene rings is 1. The molecule has 25 heavy (non-hydrogen) atoms. The van der Waals surface area contributed by atoms with Gasteiger partial charge in [0.2, 0.25) is 0 Å². The molecule has 1 spiro atoms. The largest absolute Gasteiger partial charge is 0.335 e. The standard InChI is InChI=1S/C21H36N2OS.H2/c1-6-25(5,20(2,3)4)24-16-19-14-22-17-21(12-13-21)23(19)15-18-10-8-7-9-11-18;/h7-11,19,22H,6,12-17H2,1-5H3;1H/t19-;/m1./s1. The van der Waals surface area contributed by atoms with E-state index in [1.54, 1.807) is 0 Å². The third-order valence-corrected chi connectivity index (χ3v) is 10.6. The van der Waals surface area contributed by atoms with Crippen molar-refractivity contribution in [1.29, 1.82) is 0 Å². The third-order valence-electron chi connectivity index (χ3n) is 6.27. The van der Waals surface area contributed by atoms with Crippen LogP contribution in [0.15, 0.2) is 30.3 Å². The monoisotopic (exact) mass is 366 g/mol. The first-order chi connectivity index (χ1) is 11.8. The molecule has 144 valence electrons. The third kappa shape index (κ3) is 4.08. The lowest BCUT2D eigenvalue weighted by molar-refractivity contribution is 0.0454. The van der Waals surface area contributed by atoms with E-state index >= 15 is 0 Å². The summed E-state index contributed by atoms with van der Waals surface area (Å²) < 4.78 is 6.90. The molecule has 1 aliphatic carbocycles. The van der Waals surface area contributed by atoms with Gasteiger partial charge in [0, 0.05) is 37.4 Å². The molecule has 1 aromatic rings. The van der Waals surface area contributed by atoms with Crippen molar-refractivity contribution in [2.24, 2.45) is 0 Å². The number of hydrogen-bond acceptors (Lipinski definition) is 3. The van der Waals surface area contributed by atoms with Crippen LogP contribution in [0.2, 0.25) is 0 Å². The predicted molar refractivity (Wildman–Crippen MR) is 112 cm³/mol. The van der Waals surface area contributed by atoms with Crippen LogP contribution in [-0.2, 0) is 10.7 Å². The number of nitrogens with zero attached hydrogens (tertiary/aromatic N) is 1. The molecule has 1 aromatic carbocycles. The van der Waals surface area contributed by atoms with Crippen molar-refractivity contribution < 1.29 is 5.61 Å². The van der Waals surface area contributed by atoms with E-state index in [2.05, 4.69) is 74.5 Å². The van der Waals surface area contributed by atoms with Gasteiger partial charge in [-0.3, -0.25) is 4.90 Å². The SMILES string of the molecule is CCS(C)(OC[C@H]1CNCC2(CC2)N1Cc1ccccc1)C(C)(C)C.[HH]. The van der Waals surface area contributed by atoms with E-state index in [0.717, 1.165) is 32.0 Å². The van der Waals surface area contributed by atoms with Crippen LogP contribution in [0.1, 0.15) is 47.5 Å². The molecule has 1 aliphatic heterocycles. The van der Waals surface area contributed by atoms with E-state index in [0.29, 0.717) is 11.6 Å². The summed E-state index contributed by atoms with van der Waals surface area (Å²) in [4.78, 5) is 2.75. The smallest absolute Gasteiger partial charge is 0.0760 e. The molecular weight excluding hydrogens is 328 g/mol. The molecule has 1 saturated carbocycles. The molecule has 1 saturated heterocycles. The molecular formula is C21H38N2OS. The van der Waals surface area contributed by atoms with Crippen LogP contribution in [0.3, 0.4) is 0 Å². The van der Waals surface area contributed by atoms with E-state index in [1.165, 1.54) is 18.4 Å². The highest BCUT2D eigenvalue weighted by atomic mass is 32.3. The molecule has 1 unspecified atom stereocenters. The second-order valence-corrected chi connectivity index (χ2v) is 12.9. The Labute approximate surface area is 157 Å². The van der Waals surface area contributed by atoms with Crippen molar-refractivity contribution in [2.45, 2.75) is 63.4 Å². The van der Waals surface area contributed by atoms with Crippen molar-refractivity contribution in [3.05, 3.63) is 35.9 Å². The van der Waals surface area contributed by atoms with Crippen LogP contribution in [0.5, 0.6) is 0 Å². The average Bonchev–Trinajstić information content (AvgIpc) is 3.35. The van der Waals surface area contributed by atoms with Gasteiger partial charge in [0.05, 0.1) is 6.61 Å². The van der Waals surface area contributed by atoms with Crippen LogP contribution in [0.25, 0.3) is 0 Å². The van der Waals surface area contributed by atoms with Gasteiger partial charge in [0.25, 0.3) is 0 Å². The van der Waals surface area contributed by atoms with Crippen molar-refractivity contribution in [2.75, 3.05) is 31.7 Å². The summed E-state index contributed by atoms with van der Waals surface area (Å²) in [5.74, 6) is 1.13. The minimum atomic E-state index is -1.06. The first kappa shape index (κ1) is 19.2. The quantitative estimate of drug-likeness (QED) is 0.806. The second-order valence-electron chi connectivity index (χ2n) is 8.81. The zero-order valence-electron chi connectivity index (χ0n) is 16.7. The van der Waals surface area contributed by atoms with Gasteiger partial charge in [-0.25, -0.2) is 0 Å². The van der Waals surface area contributed by atoms with Crippen molar-refractivity contribution in [3.8, 4) is 0 Å². The Hall–Kier alpha value is -0.550. The van der Waals surface area contributed by atoms with Gasteiger partial charge in [0.1, 0.15) is 0 Å². The Morgan fingerprint density at radius 2 is 1.96 bits per heavy atom. The lowest BCUT2D eigenvalue weighted by Gasteiger charge is -2.49. The Balaban J connectivity index is 0.00000243. The lowest BCUT2D eigenvalue weighted by Crippen LogP contribution is -2.60. The van der Waals surface area contributed by atoms with Gasteiger partial charge in [-0.1, -0.05) is 58.0 Å². The Kier molecular flexibility index (Phi) is 5.55. The van der Waals surface area contributed by atoms with Gasteiger partial charge >= 0.3 is 0 Å². The summed E-state index contributed by atoms with van der Waals surface area (Å²) in [6.07, 6.45) is 5.00. The molecule has 0 bridgehead atoms. The van der Waals surface area contributed by atoms with Crippen LogP contribution in [0, 0.1) is 0 Å². The van der Waals surface area contributed by atoms with Crippen LogP contribution in [0.4, 0.5) is 0 Å². The van der Waals surface area contributed by atoms with Gasteiger partial charge in [0.15, 0.2) is 0 Å². The molecule has 0 amide bonds. The van der Waals surface area contributed by atoms with Crippen LogP contribution < -0.4 is 5.32 Å². The van der Waals surface area contributed by atoms with Crippen LogP contribution >= 0.6 is 10.3 Å². The number of rotatable bonds is 6. The van der Waals surface area contributed by atoms with Gasteiger partial charge in [-0.15, -0.1) is 10.3 Å². The summed E-state index contributed by atoms with van der Waals surface area (Å²) in [7, 11) is -1.06. The maximum atomic E-state index is 6.67. The Bertz CT molecular complexity index is 573. The fraction of sp³-hybridized carbons (Fsp3) is 0.714. The average molecular weight is 367 g/mol. The topological polar surface area (TPSA) is 24.5 Å². The lowest BCUT2D eigenvalue weighted by atomic mass is 10.0. The summed E-state index contributed by atoms with van der Waals surface area (Å²) >= 11 is 0. The highest BCUT2D eigenvalue weighted by Gasteiger charge is 2.52. The highest BCUT2D eigenvalue weighted by molar-refractivity contribution is 8.30. The minimum absolute atomic E-state index is 0. The normalized spacial score (nSPS) is 27.0. The van der Waals surface area contributed by atoms with E-state index in [-0.39, 0.29) is 6.17 Å². The number of hydrogen-bond donors (Lipinski definition) is 1. The van der Waals surface area contributed by atoms with E-state index in [4.69, 9.17) is 4.18 Å². The number of nitrogens with one attached hydrogen (secondary N) is 1. The molecule has 2 aliphatic rings. The zero-order chi connectivity index (χ0) is 18.1. The van der Waals surface area contributed by atoms with Gasteiger partial charge in [-0.05, 0) is 30.4 Å². The summed E-state index contributed by atoms with van der Waals surface area (Å²) in [6, 6.07) is 11.4. The van der Waals surface area contributed by atoms with E-state index in [9.17, 15) is 0 Å². The second kappa shape index (κ2) is 7.22. The fourth-order valence-corrected chi connectivity index (χ4v) is 5.67. The summed E-state index contributed by atoms with van der Waals surface area (Å²) in [5, 5.41) is 3.68. The molecule has 0 radical (unpaired) electrons. The maximum absolute atomic E-state index is 6.67. The molecule has 1 N–H and O–H groups in total. The first-order valence-corrected chi connectivity index (χ1v) is 11.8. The molecule has 0 aromatic heterocycles. The summed E-state index contributed by atoms with van der Waals surface area (Å²) in [5.41, 5.74) is 1.80.